The number of likely N-dealkylation sites (tertiary alicyclic amines) is 1. The molecule has 1 aromatic carbocycles. The van der Waals surface area contributed by atoms with Crippen LogP contribution in [0.4, 0.5) is 0 Å². The predicted molar refractivity (Wildman–Crippen MR) is 98.4 cm³/mol. The molecular weight excluding hydrogens is 344 g/mol. The van der Waals surface area contributed by atoms with Gasteiger partial charge in [0.2, 0.25) is 5.91 Å². The van der Waals surface area contributed by atoms with E-state index < -0.39 is 0 Å². The van der Waals surface area contributed by atoms with Crippen molar-refractivity contribution in [1.82, 2.24) is 9.80 Å². The first-order chi connectivity index (χ1) is 11.6. The van der Waals surface area contributed by atoms with Crippen molar-refractivity contribution in [1.29, 1.82) is 0 Å². The Morgan fingerprint density at radius 3 is 2.46 bits per heavy atom. The fraction of sp³-hybridized carbons (Fsp3) is 0.556. The normalized spacial score (nSPS) is 19.8. The monoisotopic (exact) mass is 366 g/mol. The Morgan fingerprint density at radius 2 is 1.83 bits per heavy atom. The third kappa shape index (κ3) is 3.42. The Labute approximate surface area is 152 Å². The zero-order valence-corrected chi connectivity index (χ0v) is 15.5. The molecule has 0 radical (unpaired) electrons. The van der Waals surface area contributed by atoms with Crippen LogP contribution in [0.5, 0.6) is 0 Å². The summed E-state index contributed by atoms with van der Waals surface area (Å²) >= 11 is 7.79. The number of thioether (sulfide) groups is 1. The van der Waals surface area contributed by atoms with E-state index in [-0.39, 0.29) is 16.7 Å². The zero-order chi connectivity index (χ0) is 17.2. The lowest BCUT2D eigenvalue weighted by Crippen LogP contribution is -2.53. The summed E-state index contributed by atoms with van der Waals surface area (Å²) in [6.45, 7) is 4.30. The summed E-state index contributed by atoms with van der Waals surface area (Å²) in [5, 5.41) is 0.639. The van der Waals surface area contributed by atoms with Gasteiger partial charge in [-0.3, -0.25) is 9.59 Å². The molecule has 2 fully saturated rings. The summed E-state index contributed by atoms with van der Waals surface area (Å²) in [5.41, 5.74) is 0.686. The molecule has 2 heterocycles. The first kappa shape index (κ1) is 17.6. The maximum absolute atomic E-state index is 12.9. The smallest absolute Gasteiger partial charge is 0.254 e. The summed E-state index contributed by atoms with van der Waals surface area (Å²) < 4.78 is 0. The summed E-state index contributed by atoms with van der Waals surface area (Å²) in [6.07, 6.45) is 3.21. The Hall–Kier alpha value is -1.20. The summed E-state index contributed by atoms with van der Waals surface area (Å²) in [5.74, 6) is 1.28. The molecule has 1 aromatic rings. The number of rotatable bonds is 3. The third-order valence-corrected chi connectivity index (χ3v) is 6.68. The number of amides is 2. The minimum Gasteiger partial charge on any atom is -0.342 e. The van der Waals surface area contributed by atoms with E-state index in [4.69, 9.17) is 11.6 Å². The Bertz CT molecular complexity index is 612. The summed E-state index contributed by atoms with van der Waals surface area (Å²) in [7, 11) is 0. The number of halogens is 1. The highest BCUT2D eigenvalue weighted by Crippen LogP contribution is 2.44. The lowest BCUT2D eigenvalue weighted by atomic mass is 10.0. The molecule has 0 atom stereocenters. The molecule has 0 bridgehead atoms. The van der Waals surface area contributed by atoms with Gasteiger partial charge in [0.15, 0.2) is 0 Å². The summed E-state index contributed by atoms with van der Waals surface area (Å²) in [6, 6.07) is 7.11. The van der Waals surface area contributed by atoms with E-state index >= 15 is 0 Å². The van der Waals surface area contributed by atoms with Crippen molar-refractivity contribution in [2.45, 2.75) is 37.5 Å². The molecular formula is C18H23ClN2O2S. The molecule has 6 heteroatoms. The Balaban J connectivity index is 1.70. The fourth-order valence-electron chi connectivity index (χ4n) is 3.54. The van der Waals surface area contributed by atoms with Gasteiger partial charge in [-0.15, -0.1) is 11.8 Å². The van der Waals surface area contributed by atoms with Crippen molar-refractivity contribution < 1.29 is 9.59 Å². The Morgan fingerprint density at radius 1 is 1.17 bits per heavy atom. The fourth-order valence-corrected chi connectivity index (χ4v) is 5.12. The van der Waals surface area contributed by atoms with Crippen LogP contribution in [-0.2, 0) is 4.79 Å². The lowest BCUT2D eigenvalue weighted by molar-refractivity contribution is -0.132. The number of piperidine rings is 1. The van der Waals surface area contributed by atoms with Gasteiger partial charge in [-0.1, -0.05) is 18.5 Å². The van der Waals surface area contributed by atoms with E-state index in [2.05, 4.69) is 0 Å². The largest absolute Gasteiger partial charge is 0.342 e. The summed E-state index contributed by atoms with van der Waals surface area (Å²) in [4.78, 5) is 28.9. The van der Waals surface area contributed by atoms with Crippen LogP contribution >= 0.6 is 23.4 Å². The molecule has 3 rings (SSSR count). The first-order valence-corrected chi connectivity index (χ1v) is 9.91. The van der Waals surface area contributed by atoms with Gasteiger partial charge in [0, 0.05) is 42.4 Å². The number of carbonyl (C=O) groups is 2. The molecule has 24 heavy (non-hydrogen) atoms. The molecule has 0 aromatic heterocycles. The minimum atomic E-state index is -0.153. The van der Waals surface area contributed by atoms with Crippen LogP contribution in [0.2, 0.25) is 5.02 Å². The molecule has 1 spiro atoms. The average Bonchev–Trinajstić information content (AvgIpc) is 2.99. The lowest BCUT2D eigenvalue weighted by Gasteiger charge is -2.44. The van der Waals surface area contributed by atoms with Gasteiger partial charge in [-0.25, -0.2) is 0 Å². The van der Waals surface area contributed by atoms with Crippen LogP contribution in [0.1, 0.15) is 43.0 Å². The molecule has 2 saturated heterocycles. The highest BCUT2D eigenvalue weighted by molar-refractivity contribution is 8.00. The van der Waals surface area contributed by atoms with Crippen LogP contribution in [-0.4, -0.2) is 51.9 Å². The van der Waals surface area contributed by atoms with E-state index in [1.165, 1.54) is 0 Å². The van der Waals surface area contributed by atoms with Gasteiger partial charge in [0.05, 0.1) is 4.87 Å². The second kappa shape index (κ2) is 7.36. The van der Waals surface area contributed by atoms with Crippen molar-refractivity contribution in [3.8, 4) is 0 Å². The van der Waals surface area contributed by atoms with E-state index in [1.807, 2.05) is 28.5 Å². The number of hydrogen-bond donors (Lipinski definition) is 0. The van der Waals surface area contributed by atoms with Crippen LogP contribution in [0.25, 0.3) is 0 Å². The number of hydrogen-bond acceptors (Lipinski definition) is 3. The average molecular weight is 367 g/mol. The predicted octanol–water partition coefficient (Wildman–Crippen LogP) is 3.65. The van der Waals surface area contributed by atoms with Crippen molar-refractivity contribution in [3.05, 3.63) is 34.9 Å². The standard InChI is InChI=1S/C18H23ClN2O2S/c1-2-3-16(22)20-10-8-18(9-11-20)21(12-13-24-18)17(23)14-4-6-15(19)7-5-14/h4-7H,2-3,8-13H2,1H3. The quantitative estimate of drug-likeness (QED) is 0.819. The Kier molecular flexibility index (Phi) is 5.40. The van der Waals surface area contributed by atoms with E-state index in [0.717, 1.165) is 44.6 Å². The highest BCUT2D eigenvalue weighted by Gasteiger charge is 2.46. The van der Waals surface area contributed by atoms with Crippen molar-refractivity contribution in [2.75, 3.05) is 25.4 Å². The molecule has 4 nitrogen and oxygen atoms in total. The first-order valence-electron chi connectivity index (χ1n) is 8.55. The van der Waals surface area contributed by atoms with Crippen molar-refractivity contribution in [2.24, 2.45) is 0 Å². The third-order valence-electron chi connectivity index (χ3n) is 4.88. The van der Waals surface area contributed by atoms with Gasteiger partial charge < -0.3 is 9.80 Å². The molecule has 0 saturated carbocycles. The van der Waals surface area contributed by atoms with Gasteiger partial charge >= 0.3 is 0 Å². The maximum Gasteiger partial charge on any atom is 0.254 e. The number of nitrogens with zero attached hydrogens (tertiary/aromatic N) is 2. The van der Waals surface area contributed by atoms with Gasteiger partial charge in [0.25, 0.3) is 5.91 Å². The van der Waals surface area contributed by atoms with E-state index in [9.17, 15) is 9.59 Å². The van der Waals surface area contributed by atoms with Crippen molar-refractivity contribution in [3.63, 3.8) is 0 Å². The van der Waals surface area contributed by atoms with Gasteiger partial charge in [-0.2, -0.15) is 0 Å². The van der Waals surface area contributed by atoms with Crippen LogP contribution in [0.3, 0.4) is 0 Å². The maximum atomic E-state index is 12.9. The second-order valence-electron chi connectivity index (χ2n) is 6.39. The molecule has 2 aliphatic rings. The molecule has 2 amide bonds. The second-order valence-corrected chi connectivity index (χ2v) is 8.28. The van der Waals surface area contributed by atoms with Gasteiger partial charge in [-0.05, 0) is 43.5 Å². The highest BCUT2D eigenvalue weighted by atomic mass is 35.5. The molecule has 2 aliphatic heterocycles. The number of carbonyl (C=O) groups excluding carboxylic acids is 2. The van der Waals surface area contributed by atoms with E-state index in [1.54, 1.807) is 24.3 Å². The zero-order valence-electron chi connectivity index (χ0n) is 14.0. The number of benzene rings is 1. The molecule has 0 unspecified atom stereocenters. The van der Waals surface area contributed by atoms with Gasteiger partial charge in [0.1, 0.15) is 0 Å². The SMILES string of the molecule is CCCC(=O)N1CCC2(CC1)SCCN2C(=O)c1ccc(Cl)cc1. The van der Waals surface area contributed by atoms with Crippen LogP contribution in [0.15, 0.2) is 24.3 Å². The van der Waals surface area contributed by atoms with Crippen LogP contribution in [0, 0.1) is 0 Å². The molecule has 0 N–H and O–H groups in total. The van der Waals surface area contributed by atoms with Crippen molar-refractivity contribution >= 4 is 35.2 Å². The van der Waals surface area contributed by atoms with E-state index in [0.29, 0.717) is 17.0 Å². The molecule has 130 valence electrons. The van der Waals surface area contributed by atoms with Crippen LogP contribution < -0.4 is 0 Å². The minimum absolute atomic E-state index is 0.0741. The molecule has 0 aliphatic carbocycles. The topological polar surface area (TPSA) is 40.6 Å².